The van der Waals surface area contributed by atoms with E-state index in [-0.39, 0.29) is 6.04 Å². The van der Waals surface area contributed by atoms with Crippen LogP contribution in [0.3, 0.4) is 0 Å². The molecule has 0 bridgehead atoms. The molecule has 2 rings (SSSR count). The minimum Gasteiger partial charge on any atom is -0.306 e. The molecule has 0 amide bonds. The second kappa shape index (κ2) is 6.94. The molecule has 1 saturated heterocycles. The topological polar surface area (TPSA) is 15.3 Å². The summed E-state index contributed by atoms with van der Waals surface area (Å²) in [4.78, 5) is 2.52. The summed E-state index contributed by atoms with van der Waals surface area (Å²) in [7, 11) is 0. The van der Waals surface area contributed by atoms with Gasteiger partial charge in [0.2, 0.25) is 0 Å². The highest BCUT2D eigenvalue weighted by Gasteiger charge is 2.17. The average molecular weight is 301 g/mol. The number of hydrogen-bond donors (Lipinski definition) is 1. The van der Waals surface area contributed by atoms with Gasteiger partial charge in [-0.05, 0) is 63.5 Å². The van der Waals surface area contributed by atoms with Gasteiger partial charge in [-0.3, -0.25) is 0 Å². The Morgan fingerprint density at radius 1 is 1.21 bits per heavy atom. The molecule has 19 heavy (non-hydrogen) atoms. The van der Waals surface area contributed by atoms with Crippen LogP contribution < -0.4 is 5.32 Å². The van der Waals surface area contributed by atoms with E-state index in [4.69, 9.17) is 23.2 Å². The predicted molar refractivity (Wildman–Crippen MR) is 83.1 cm³/mol. The molecule has 1 heterocycles. The van der Waals surface area contributed by atoms with Gasteiger partial charge < -0.3 is 10.2 Å². The van der Waals surface area contributed by atoms with E-state index in [2.05, 4.69) is 24.1 Å². The fourth-order valence-corrected chi connectivity index (χ4v) is 3.23. The Morgan fingerprint density at radius 3 is 2.58 bits per heavy atom. The minimum absolute atomic E-state index is 0.212. The molecule has 1 aliphatic heterocycles. The van der Waals surface area contributed by atoms with Crippen molar-refractivity contribution in [3.8, 4) is 0 Å². The first-order valence-corrected chi connectivity index (χ1v) is 7.75. The van der Waals surface area contributed by atoms with Crippen LogP contribution >= 0.6 is 23.2 Å². The number of rotatable bonds is 5. The molecule has 2 nitrogen and oxygen atoms in total. The lowest BCUT2D eigenvalue weighted by atomic mass is 10.1. The van der Waals surface area contributed by atoms with Crippen molar-refractivity contribution in [2.75, 3.05) is 19.6 Å². The van der Waals surface area contributed by atoms with Crippen LogP contribution in [0.5, 0.6) is 0 Å². The lowest BCUT2D eigenvalue weighted by Crippen LogP contribution is -2.39. The normalized spacial score (nSPS) is 19.6. The van der Waals surface area contributed by atoms with Crippen LogP contribution in [0.2, 0.25) is 10.0 Å². The third-order valence-corrected chi connectivity index (χ3v) is 4.27. The Morgan fingerprint density at radius 2 is 1.89 bits per heavy atom. The summed E-state index contributed by atoms with van der Waals surface area (Å²) in [5.41, 5.74) is 1.07. The van der Waals surface area contributed by atoms with Gasteiger partial charge in [-0.2, -0.15) is 0 Å². The van der Waals surface area contributed by atoms with E-state index in [9.17, 15) is 0 Å². The highest BCUT2D eigenvalue weighted by Crippen LogP contribution is 2.26. The molecule has 1 aromatic rings. The SMILES string of the molecule is CC(CN1CCCC1)NC(C)c1cc(Cl)ccc1Cl. The Hall–Kier alpha value is -0.280. The zero-order chi connectivity index (χ0) is 13.8. The fraction of sp³-hybridized carbons (Fsp3) is 0.600. The van der Waals surface area contributed by atoms with Gasteiger partial charge in [-0.1, -0.05) is 23.2 Å². The summed E-state index contributed by atoms with van der Waals surface area (Å²) in [5.74, 6) is 0. The van der Waals surface area contributed by atoms with E-state index in [0.29, 0.717) is 6.04 Å². The molecule has 1 N–H and O–H groups in total. The van der Waals surface area contributed by atoms with Crippen molar-refractivity contribution < 1.29 is 0 Å². The average Bonchev–Trinajstić information content (AvgIpc) is 2.84. The van der Waals surface area contributed by atoms with Gasteiger partial charge in [0.25, 0.3) is 0 Å². The summed E-state index contributed by atoms with van der Waals surface area (Å²) in [6.07, 6.45) is 2.67. The molecule has 1 aliphatic rings. The van der Waals surface area contributed by atoms with Gasteiger partial charge in [0.1, 0.15) is 0 Å². The first-order chi connectivity index (χ1) is 9.06. The third-order valence-electron chi connectivity index (χ3n) is 3.69. The summed E-state index contributed by atoms with van der Waals surface area (Å²) in [5, 5.41) is 5.12. The molecule has 0 aromatic heterocycles. The molecule has 2 atom stereocenters. The van der Waals surface area contributed by atoms with Gasteiger partial charge in [-0.15, -0.1) is 0 Å². The Balaban J connectivity index is 1.91. The molecule has 0 spiro atoms. The van der Waals surface area contributed by atoms with Crippen LogP contribution in [-0.2, 0) is 0 Å². The van der Waals surface area contributed by atoms with Crippen LogP contribution in [0.25, 0.3) is 0 Å². The van der Waals surface area contributed by atoms with Crippen molar-refractivity contribution in [2.24, 2.45) is 0 Å². The fourth-order valence-electron chi connectivity index (χ4n) is 2.77. The molecule has 0 saturated carbocycles. The monoisotopic (exact) mass is 300 g/mol. The number of nitrogens with one attached hydrogen (secondary N) is 1. The molecular weight excluding hydrogens is 279 g/mol. The number of hydrogen-bond acceptors (Lipinski definition) is 2. The van der Waals surface area contributed by atoms with E-state index < -0.39 is 0 Å². The quantitative estimate of drug-likeness (QED) is 0.879. The number of halogens is 2. The first-order valence-electron chi connectivity index (χ1n) is 6.99. The van der Waals surface area contributed by atoms with E-state index in [1.54, 1.807) is 0 Å². The number of benzene rings is 1. The minimum atomic E-state index is 0.212. The molecule has 106 valence electrons. The predicted octanol–water partition coefficient (Wildman–Crippen LogP) is 4.13. The Kier molecular flexibility index (Phi) is 5.52. The van der Waals surface area contributed by atoms with Gasteiger partial charge in [0, 0.05) is 28.7 Å². The first kappa shape index (κ1) is 15.1. The van der Waals surface area contributed by atoms with Gasteiger partial charge in [0.05, 0.1) is 0 Å². The maximum atomic E-state index is 6.24. The summed E-state index contributed by atoms with van der Waals surface area (Å²) >= 11 is 12.3. The molecule has 1 aromatic carbocycles. The largest absolute Gasteiger partial charge is 0.306 e. The highest BCUT2D eigenvalue weighted by atomic mass is 35.5. The zero-order valence-corrected chi connectivity index (χ0v) is 13.1. The second-order valence-electron chi connectivity index (χ2n) is 5.46. The molecule has 0 aliphatic carbocycles. The van der Waals surface area contributed by atoms with E-state index >= 15 is 0 Å². The van der Waals surface area contributed by atoms with Gasteiger partial charge >= 0.3 is 0 Å². The van der Waals surface area contributed by atoms with Crippen LogP contribution in [0.1, 0.15) is 38.3 Å². The van der Waals surface area contributed by atoms with Gasteiger partial charge in [-0.25, -0.2) is 0 Å². The van der Waals surface area contributed by atoms with E-state index in [1.807, 2.05) is 18.2 Å². The third kappa shape index (κ3) is 4.35. The van der Waals surface area contributed by atoms with Crippen molar-refractivity contribution in [3.63, 3.8) is 0 Å². The van der Waals surface area contributed by atoms with Crippen molar-refractivity contribution in [1.29, 1.82) is 0 Å². The molecule has 1 fully saturated rings. The highest BCUT2D eigenvalue weighted by molar-refractivity contribution is 6.33. The maximum Gasteiger partial charge on any atom is 0.0454 e. The summed E-state index contributed by atoms with van der Waals surface area (Å²) < 4.78 is 0. The zero-order valence-electron chi connectivity index (χ0n) is 11.6. The van der Waals surface area contributed by atoms with Crippen molar-refractivity contribution >= 4 is 23.2 Å². The lowest BCUT2D eigenvalue weighted by Gasteiger charge is -2.25. The van der Waals surface area contributed by atoms with Gasteiger partial charge in [0.15, 0.2) is 0 Å². The molecule has 2 unspecified atom stereocenters. The van der Waals surface area contributed by atoms with Crippen LogP contribution in [-0.4, -0.2) is 30.6 Å². The number of nitrogens with zero attached hydrogens (tertiary/aromatic N) is 1. The Bertz CT molecular complexity index is 417. The summed E-state index contributed by atoms with van der Waals surface area (Å²) in [6, 6.07) is 6.30. The maximum absolute atomic E-state index is 6.24. The standard InChI is InChI=1S/C15H22Cl2N2/c1-11(10-19-7-3-4-8-19)18-12(2)14-9-13(16)5-6-15(14)17/h5-6,9,11-12,18H,3-4,7-8,10H2,1-2H3. The van der Waals surface area contributed by atoms with Crippen molar-refractivity contribution in [2.45, 2.75) is 38.8 Å². The summed E-state index contributed by atoms with van der Waals surface area (Å²) in [6.45, 7) is 7.93. The van der Waals surface area contributed by atoms with Crippen LogP contribution in [0.4, 0.5) is 0 Å². The van der Waals surface area contributed by atoms with E-state index in [1.165, 1.54) is 25.9 Å². The Labute approximate surface area is 126 Å². The second-order valence-corrected chi connectivity index (χ2v) is 6.31. The molecule has 4 heteroatoms. The van der Waals surface area contributed by atoms with Crippen molar-refractivity contribution in [3.05, 3.63) is 33.8 Å². The molecule has 0 radical (unpaired) electrons. The molecular formula is C15H22Cl2N2. The van der Waals surface area contributed by atoms with Crippen molar-refractivity contribution in [1.82, 2.24) is 10.2 Å². The van der Waals surface area contributed by atoms with Crippen LogP contribution in [0, 0.1) is 0 Å². The van der Waals surface area contributed by atoms with Crippen LogP contribution in [0.15, 0.2) is 18.2 Å². The smallest absolute Gasteiger partial charge is 0.0454 e. The van der Waals surface area contributed by atoms with E-state index in [0.717, 1.165) is 22.2 Å². The lowest BCUT2D eigenvalue weighted by molar-refractivity contribution is 0.289. The number of likely N-dealkylation sites (tertiary alicyclic amines) is 1.